The van der Waals surface area contributed by atoms with Crippen LogP contribution in [0, 0.1) is 0 Å². The molecule has 0 radical (unpaired) electrons. The molecule has 0 saturated carbocycles. The number of hydrogen-bond donors (Lipinski definition) is 0. The molecule has 0 aromatic carbocycles. The molecule has 0 N–H and O–H groups in total. The van der Waals surface area contributed by atoms with Crippen LogP contribution < -0.4 is 20.3 Å². The summed E-state index contributed by atoms with van der Waals surface area (Å²) >= 11 is 1.45. The number of thiophene rings is 1. The minimum Gasteiger partial charge on any atom is -0.356 e. The standard InChI is InChI=1S/C20H25N7OS/c1-24-18(28)17-15(6-14-29-17)22-20(24)27-12-10-26(11-13-27)19-21-7-5-16(23-19)25-8-3-2-4-9-25/h5-7,14H,2-4,8-13H2,1H3. The molecule has 2 saturated heterocycles. The van der Waals surface area contributed by atoms with Crippen LogP contribution >= 0.6 is 11.3 Å². The van der Waals surface area contributed by atoms with Gasteiger partial charge in [-0.3, -0.25) is 9.36 Å². The van der Waals surface area contributed by atoms with Crippen molar-refractivity contribution in [3.63, 3.8) is 0 Å². The summed E-state index contributed by atoms with van der Waals surface area (Å²) in [4.78, 5) is 33.5. The molecule has 0 unspecified atom stereocenters. The van der Waals surface area contributed by atoms with E-state index >= 15 is 0 Å². The lowest BCUT2D eigenvalue weighted by molar-refractivity contribution is 0.571. The zero-order valence-electron chi connectivity index (χ0n) is 16.6. The Morgan fingerprint density at radius 2 is 1.66 bits per heavy atom. The van der Waals surface area contributed by atoms with Crippen molar-refractivity contribution >= 4 is 39.3 Å². The lowest BCUT2D eigenvalue weighted by Gasteiger charge is -2.36. The zero-order chi connectivity index (χ0) is 19.8. The monoisotopic (exact) mass is 411 g/mol. The Hall–Kier alpha value is -2.68. The Kier molecular flexibility index (Phi) is 4.83. The normalized spacial score (nSPS) is 17.9. The van der Waals surface area contributed by atoms with Crippen molar-refractivity contribution in [1.29, 1.82) is 0 Å². The van der Waals surface area contributed by atoms with Crippen molar-refractivity contribution in [3.8, 4) is 0 Å². The molecule has 0 atom stereocenters. The van der Waals surface area contributed by atoms with Crippen molar-refractivity contribution in [2.24, 2.45) is 7.05 Å². The number of aromatic nitrogens is 4. The highest BCUT2D eigenvalue weighted by atomic mass is 32.1. The first kappa shape index (κ1) is 18.4. The molecule has 2 aliphatic heterocycles. The Bertz CT molecular complexity index is 1060. The molecule has 9 heteroatoms. The molecule has 0 spiro atoms. The van der Waals surface area contributed by atoms with Gasteiger partial charge in [0.25, 0.3) is 5.56 Å². The predicted octanol–water partition coefficient (Wildman–Crippen LogP) is 2.10. The van der Waals surface area contributed by atoms with E-state index in [0.29, 0.717) is 0 Å². The third-order valence-electron chi connectivity index (χ3n) is 5.82. The second-order valence-electron chi connectivity index (χ2n) is 7.65. The molecule has 8 nitrogen and oxygen atoms in total. The van der Waals surface area contributed by atoms with Crippen LogP contribution in [-0.4, -0.2) is 58.8 Å². The number of anilines is 3. The summed E-state index contributed by atoms with van der Waals surface area (Å²) in [5, 5.41) is 1.92. The first-order valence-corrected chi connectivity index (χ1v) is 11.1. The van der Waals surface area contributed by atoms with E-state index in [1.807, 2.05) is 23.7 Å². The Morgan fingerprint density at radius 3 is 2.45 bits per heavy atom. The topological polar surface area (TPSA) is 70.4 Å². The number of fused-ring (bicyclic) bond motifs is 1. The van der Waals surface area contributed by atoms with Crippen molar-refractivity contribution in [1.82, 2.24) is 19.5 Å². The van der Waals surface area contributed by atoms with Crippen LogP contribution in [-0.2, 0) is 7.05 Å². The fourth-order valence-electron chi connectivity index (χ4n) is 4.16. The maximum absolute atomic E-state index is 12.6. The summed E-state index contributed by atoms with van der Waals surface area (Å²) in [5.41, 5.74) is 0.813. The smallest absolute Gasteiger partial charge is 0.272 e. The number of nitrogens with zero attached hydrogens (tertiary/aromatic N) is 7. The van der Waals surface area contributed by atoms with E-state index in [1.165, 1.54) is 30.6 Å². The van der Waals surface area contributed by atoms with Crippen molar-refractivity contribution < 1.29 is 0 Å². The van der Waals surface area contributed by atoms with Crippen LogP contribution in [0.3, 0.4) is 0 Å². The lowest BCUT2D eigenvalue weighted by atomic mass is 10.1. The second-order valence-corrected chi connectivity index (χ2v) is 8.56. The van der Waals surface area contributed by atoms with E-state index in [2.05, 4.69) is 19.7 Å². The largest absolute Gasteiger partial charge is 0.356 e. The molecule has 3 aromatic heterocycles. The van der Waals surface area contributed by atoms with E-state index < -0.39 is 0 Å². The SMILES string of the molecule is Cn1c(N2CCN(c3nccc(N4CCCCC4)n3)CC2)nc2ccsc2c1=O. The van der Waals surface area contributed by atoms with E-state index in [4.69, 9.17) is 9.97 Å². The fraction of sp³-hybridized carbons (Fsp3) is 0.500. The van der Waals surface area contributed by atoms with Crippen LogP contribution in [0.15, 0.2) is 28.5 Å². The van der Waals surface area contributed by atoms with Gasteiger partial charge in [0.15, 0.2) is 0 Å². The van der Waals surface area contributed by atoms with Gasteiger partial charge in [0.2, 0.25) is 11.9 Å². The highest BCUT2D eigenvalue weighted by molar-refractivity contribution is 7.17. The van der Waals surface area contributed by atoms with Gasteiger partial charge in [0.05, 0.1) is 5.52 Å². The van der Waals surface area contributed by atoms with Gasteiger partial charge < -0.3 is 14.7 Å². The van der Waals surface area contributed by atoms with Crippen LogP contribution in [0.5, 0.6) is 0 Å². The zero-order valence-corrected chi connectivity index (χ0v) is 17.4. The first-order chi connectivity index (χ1) is 14.2. The molecule has 29 heavy (non-hydrogen) atoms. The number of hydrogen-bond acceptors (Lipinski definition) is 8. The maximum atomic E-state index is 12.6. The third-order valence-corrected chi connectivity index (χ3v) is 6.71. The Morgan fingerprint density at radius 1 is 0.897 bits per heavy atom. The molecular formula is C20H25N7OS. The summed E-state index contributed by atoms with van der Waals surface area (Å²) in [7, 11) is 1.81. The molecule has 3 aromatic rings. The number of piperazine rings is 1. The molecule has 2 fully saturated rings. The molecule has 0 amide bonds. The second kappa shape index (κ2) is 7.62. The van der Waals surface area contributed by atoms with E-state index in [0.717, 1.165) is 67.2 Å². The van der Waals surface area contributed by atoms with Crippen molar-refractivity contribution in [2.75, 3.05) is 54.0 Å². The first-order valence-electron chi connectivity index (χ1n) is 10.2. The summed E-state index contributed by atoms with van der Waals surface area (Å²) in [6, 6.07) is 3.93. The minimum absolute atomic E-state index is 0.0278. The van der Waals surface area contributed by atoms with Crippen LogP contribution in [0.1, 0.15) is 19.3 Å². The van der Waals surface area contributed by atoms with E-state index in [-0.39, 0.29) is 5.56 Å². The van der Waals surface area contributed by atoms with Gasteiger partial charge in [-0.2, -0.15) is 4.98 Å². The Labute approximate surface area is 173 Å². The van der Waals surface area contributed by atoms with Gasteiger partial charge in [-0.25, -0.2) is 9.97 Å². The number of rotatable bonds is 3. The average Bonchev–Trinajstić information content (AvgIpc) is 3.26. The number of piperidine rings is 1. The van der Waals surface area contributed by atoms with E-state index in [1.54, 1.807) is 11.6 Å². The van der Waals surface area contributed by atoms with Gasteiger partial charge in [-0.15, -0.1) is 11.3 Å². The van der Waals surface area contributed by atoms with Crippen LogP contribution in [0.2, 0.25) is 0 Å². The maximum Gasteiger partial charge on any atom is 0.272 e. The van der Waals surface area contributed by atoms with Gasteiger partial charge >= 0.3 is 0 Å². The molecule has 5 heterocycles. The highest BCUT2D eigenvalue weighted by Gasteiger charge is 2.23. The highest BCUT2D eigenvalue weighted by Crippen LogP contribution is 2.22. The van der Waals surface area contributed by atoms with Crippen molar-refractivity contribution in [2.45, 2.75) is 19.3 Å². The summed E-state index contributed by atoms with van der Waals surface area (Å²) in [6.45, 7) is 5.34. The van der Waals surface area contributed by atoms with Crippen LogP contribution in [0.4, 0.5) is 17.7 Å². The van der Waals surface area contributed by atoms with Gasteiger partial charge in [-0.1, -0.05) is 0 Å². The van der Waals surface area contributed by atoms with Gasteiger partial charge in [0.1, 0.15) is 10.5 Å². The van der Waals surface area contributed by atoms with E-state index in [9.17, 15) is 4.79 Å². The molecule has 2 aliphatic rings. The summed E-state index contributed by atoms with van der Waals surface area (Å²) in [6.07, 6.45) is 5.65. The van der Waals surface area contributed by atoms with Crippen molar-refractivity contribution in [3.05, 3.63) is 34.1 Å². The Balaban J connectivity index is 1.32. The summed E-state index contributed by atoms with van der Waals surface area (Å²) < 4.78 is 2.39. The predicted molar refractivity (Wildman–Crippen MR) is 117 cm³/mol. The lowest BCUT2D eigenvalue weighted by Crippen LogP contribution is -2.48. The quantitative estimate of drug-likeness (QED) is 0.654. The minimum atomic E-state index is 0.0278. The third kappa shape index (κ3) is 3.43. The van der Waals surface area contributed by atoms with Gasteiger partial charge in [-0.05, 0) is 36.8 Å². The molecule has 0 bridgehead atoms. The van der Waals surface area contributed by atoms with Gasteiger partial charge in [0, 0.05) is 52.5 Å². The molecule has 0 aliphatic carbocycles. The molecular weight excluding hydrogens is 386 g/mol. The summed E-state index contributed by atoms with van der Waals surface area (Å²) in [5.74, 6) is 2.57. The fourth-order valence-corrected chi connectivity index (χ4v) is 4.96. The average molecular weight is 412 g/mol. The molecule has 5 rings (SSSR count). The molecule has 152 valence electrons. The van der Waals surface area contributed by atoms with Crippen LogP contribution in [0.25, 0.3) is 10.2 Å².